The fourth-order valence-electron chi connectivity index (χ4n) is 9.50. The van der Waals surface area contributed by atoms with E-state index in [-0.39, 0.29) is 11.2 Å². The summed E-state index contributed by atoms with van der Waals surface area (Å²) in [4.78, 5) is 0. The highest BCUT2D eigenvalue weighted by atomic mass is 19.1. The summed E-state index contributed by atoms with van der Waals surface area (Å²) in [6, 6.07) is 58.7. The number of hydrogen-bond acceptors (Lipinski definition) is 0. The molecule has 244 valence electrons. The Morgan fingerprint density at radius 1 is 0.327 bits per heavy atom. The van der Waals surface area contributed by atoms with Gasteiger partial charge in [-0.3, -0.25) is 0 Å². The summed E-state index contributed by atoms with van der Waals surface area (Å²) < 4.78 is 15.1. The molecule has 0 unspecified atom stereocenters. The van der Waals surface area contributed by atoms with Crippen molar-refractivity contribution in [2.24, 2.45) is 0 Å². The predicted octanol–water partition coefficient (Wildman–Crippen LogP) is 14.4. The van der Waals surface area contributed by atoms with Gasteiger partial charge in [-0.1, -0.05) is 153 Å². The van der Waals surface area contributed by atoms with E-state index < -0.39 is 0 Å². The Bertz CT molecular complexity index is 3110. The summed E-state index contributed by atoms with van der Waals surface area (Å²) in [6.45, 7) is 4.77. The van der Waals surface area contributed by atoms with Gasteiger partial charge in [0.15, 0.2) is 0 Å². The molecule has 11 rings (SSSR count). The number of halogens is 1. The molecule has 0 atom stereocenters. The van der Waals surface area contributed by atoms with Crippen LogP contribution in [0.3, 0.4) is 0 Å². The third-order valence-electron chi connectivity index (χ3n) is 11.9. The highest BCUT2D eigenvalue weighted by Gasteiger charge is 2.36. The zero-order valence-corrected chi connectivity index (χ0v) is 29.0. The quantitative estimate of drug-likeness (QED) is 0.127. The van der Waals surface area contributed by atoms with Gasteiger partial charge in [0.1, 0.15) is 5.82 Å². The van der Waals surface area contributed by atoms with Gasteiger partial charge < -0.3 is 0 Å². The fraction of sp³-hybridized carbons (Fsp3) is 0.0588. The first-order valence-electron chi connectivity index (χ1n) is 18.1. The van der Waals surface area contributed by atoms with Crippen LogP contribution in [-0.2, 0) is 5.41 Å². The van der Waals surface area contributed by atoms with Gasteiger partial charge in [0.05, 0.1) is 0 Å². The van der Waals surface area contributed by atoms with Gasteiger partial charge in [0, 0.05) is 10.8 Å². The Labute approximate surface area is 301 Å². The molecule has 0 nitrogen and oxygen atoms in total. The fourth-order valence-corrected chi connectivity index (χ4v) is 9.50. The van der Waals surface area contributed by atoms with Gasteiger partial charge in [-0.25, -0.2) is 4.39 Å². The summed E-state index contributed by atoms with van der Waals surface area (Å²) in [7, 11) is 0. The normalized spacial score (nSPS) is 13.4. The van der Waals surface area contributed by atoms with E-state index in [1.807, 2.05) is 30.3 Å². The van der Waals surface area contributed by atoms with E-state index >= 15 is 4.39 Å². The molecular weight excluding hydrogens is 632 g/mol. The Kier molecular flexibility index (Phi) is 6.00. The molecule has 0 aromatic heterocycles. The first kappa shape index (κ1) is 29.4. The summed E-state index contributed by atoms with van der Waals surface area (Å²) in [5, 5.41) is 14.1. The van der Waals surface area contributed by atoms with Crippen LogP contribution in [0, 0.1) is 5.82 Å². The van der Waals surface area contributed by atoms with Crippen molar-refractivity contribution >= 4 is 64.6 Å². The molecular formula is C51H33F. The average Bonchev–Trinajstić information content (AvgIpc) is 3.41. The summed E-state index contributed by atoms with van der Waals surface area (Å²) in [5.74, 6) is -0.194. The molecule has 0 saturated heterocycles. The average molecular weight is 665 g/mol. The molecule has 0 radical (unpaired) electrons. The second-order valence-corrected chi connectivity index (χ2v) is 14.9. The van der Waals surface area contributed by atoms with Gasteiger partial charge in [-0.2, -0.15) is 0 Å². The Hall–Kier alpha value is -6.31. The molecule has 0 spiro atoms. The number of fused-ring (bicyclic) bond motifs is 12. The van der Waals surface area contributed by atoms with Crippen LogP contribution in [0.15, 0.2) is 164 Å². The lowest BCUT2D eigenvalue weighted by atomic mass is 9.79. The highest BCUT2D eigenvalue weighted by Crippen LogP contribution is 2.53. The molecule has 1 heteroatoms. The van der Waals surface area contributed by atoms with Crippen molar-refractivity contribution in [3.63, 3.8) is 0 Å². The lowest BCUT2D eigenvalue weighted by molar-refractivity contribution is 0.640. The predicted molar refractivity (Wildman–Crippen MR) is 220 cm³/mol. The Morgan fingerprint density at radius 3 is 1.33 bits per heavy atom. The van der Waals surface area contributed by atoms with Crippen LogP contribution < -0.4 is 0 Å². The first-order valence-corrected chi connectivity index (χ1v) is 18.1. The molecule has 10 aromatic rings. The molecule has 52 heavy (non-hydrogen) atoms. The van der Waals surface area contributed by atoms with E-state index in [1.165, 1.54) is 87.2 Å². The largest absolute Gasteiger partial charge is 0.206 e. The maximum atomic E-state index is 15.1. The van der Waals surface area contributed by atoms with E-state index in [1.54, 1.807) is 6.07 Å². The van der Waals surface area contributed by atoms with Crippen molar-refractivity contribution in [2.75, 3.05) is 0 Å². The van der Waals surface area contributed by atoms with Crippen LogP contribution in [0.1, 0.15) is 25.0 Å². The van der Waals surface area contributed by atoms with Gasteiger partial charge in [0.25, 0.3) is 0 Å². The van der Waals surface area contributed by atoms with Crippen molar-refractivity contribution in [3.05, 3.63) is 181 Å². The molecule has 0 fully saturated rings. The van der Waals surface area contributed by atoms with E-state index in [9.17, 15) is 0 Å². The molecule has 1 aliphatic rings. The zero-order chi connectivity index (χ0) is 34.7. The first-order chi connectivity index (χ1) is 25.5. The molecule has 0 saturated carbocycles. The van der Waals surface area contributed by atoms with Gasteiger partial charge in [0.2, 0.25) is 0 Å². The Morgan fingerprint density at radius 2 is 0.750 bits per heavy atom. The lowest BCUT2D eigenvalue weighted by Gasteiger charge is -2.24. The molecule has 0 bridgehead atoms. The van der Waals surface area contributed by atoms with Crippen LogP contribution in [-0.4, -0.2) is 0 Å². The van der Waals surface area contributed by atoms with Crippen LogP contribution in [0.2, 0.25) is 0 Å². The molecule has 0 N–H and O–H groups in total. The third kappa shape index (κ3) is 3.91. The minimum Gasteiger partial charge on any atom is -0.206 e. The summed E-state index contributed by atoms with van der Waals surface area (Å²) in [6.07, 6.45) is 0. The standard InChI is InChI=1S/C51H33F/c1-51(2)46-27-30(23-24-36(46)45-28-43-33-15-5-3-13-31(33)32-14-4-6-16-34(32)44(43)29-47(45)51)49-38-19-9-11-21-40(38)50(41-22-12-10-20-39(41)49)42-25-26-48(52)37-18-8-7-17-35(37)42/h3-29H,1-2H3. The maximum Gasteiger partial charge on any atom is 0.131 e. The van der Waals surface area contributed by atoms with Crippen molar-refractivity contribution in [3.8, 4) is 33.4 Å². The van der Waals surface area contributed by atoms with Crippen LogP contribution in [0.4, 0.5) is 4.39 Å². The van der Waals surface area contributed by atoms with E-state index in [2.05, 4.69) is 141 Å². The minimum atomic E-state index is -0.194. The summed E-state index contributed by atoms with van der Waals surface area (Å²) in [5.41, 5.74) is 9.81. The van der Waals surface area contributed by atoms with Gasteiger partial charge in [-0.05, 0) is 128 Å². The zero-order valence-electron chi connectivity index (χ0n) is 29.0. The van der Waals surface area contributed by atoms with Crippen LogP contribution >= 0.6 is 0 Å². The maximum absolute atomic E-state index is 15.1. The van der Waals surface area contributed by atoms with Crippen molar-refractivity contribution in [2.45, 2.75) is 19.3 Å². The highest BCUT2D eigenvalue weighted by molar-refractivity contribution is 6.27. The van der Waals surface area contributed by atoms with Crippen molar-refractivity contribution < 1.29 is 4.39 Å². The minimum absolute atomic E-state index is 0.194. The van der Waals surface area contributed by atoms with Crippen LogP contribution in [0.5, 0.6) is 0 Å². The van der Waals surface area contributed by atoms with Crippen molar-refractivity contribution in [1.29, 1.82) is 0 Å². The second-order valence-electron chi connectivity index (χ2n) is 14.9. The van der Waals surface area contributed by atoms with E-state index in [0.29, 0.717) is 5.39 Å². The smallest absolute Gasteiger partial charge is 0.131 e. The van der Waals surface area contributed by atoms with Crippen molar-refractivity contribution in [1.82, 2.24) is 0 Å². The lowest BCUT2D eigenvalue weighted by Crippen LogP contribution is -2.15. The monoisotopic (exact) mass is 664 g/mol. The van der Waals surface area contributed by atoms with Gasteiger partial charge in [-0.15, -0.1) is 0 Å². The molecule has 0 aliphatic heterocycles. The number of benzene rings is 10. The SMILES string of the molecule is CC1(C)c2cc(-c3c4ccccc4c(-c4ccc(F)c5ccccc45)c4ccccc34)ccc2-c2cc3c4ccccc4c4ccccc4c3cc21. The molecule has 0 amide bonds. The summed E-state index contributed by atoms with van der Waals surface area (Å²) >= 11 is 0. The third-order valence-corrected chi connectivity index (χ3v) is 11.9. The molecule has 10 aromatic carbocycles. The number of rotatable bonds is 2. The molecule has 0 heterocycles. The Balaban J connectivity index is 1.18. The second kappa shape index (κ2) is 10.6. The topological polar surface area (TPSA) is 0 Å². The van der Waals surface area contributed by atoms with E-state index in [4.69, 9.17) is 0 Å². The number of hydrogen-bond donors (Lipinski definition) is 0. The van der Waals surface area contributed by atoms with E-state index in [0.717, 1.165) is 16.5 Å². The van der Waals surface area contributed by atoms with Gasteiger partial charge >= 0.3 is 0 Å². The van der Waals surface area contributed by atoms with Crippen LogP contribution in [0.25, 0.3) is 98.0 Å². The molecule has 1 aliphatic carbocycles.